The van der Waals surface area contributed by atoms with E-state index in [0.29, 0.717) is 35.7 Å². The number of hydrogen-bond acceptors (Lipinski definition) is 6. The molecule has 8 nitrogen and oxygen atoms in total. The van der Waals surface area contributed by atoms with Crippen molar-refractivity contribution in [1.82, 2.24) is 14.3 Å². The molecule has 0 saturated heterocycles. The molecule has 0 saturated carbocycles. The van der Waals surface area contributed by atoms with Crippen molar-refractivity contribution in [3.05, 3.63) is 64.3 Å². The maximum absolute atomic E-state index is 12.9. The van der Waals surface area contributed by atoms with Crippen LogP contribution in [-0.4, -0.2) is 31.2 Å². The average molecular weight is 473 g/mol. The van der Waals surface area contributed by atoms with Crippen LogP contribution in [-0.2, 0) is 27.7 Å². The van der Waals surface area contributed by atoms with Crippen molar-refractivity contribution < 1.29 is 17.9 Å². The molecule has 0 atom stereocenters. The molecule has 2 aromatic heterocycles. The summed E-state index contributed by atoms with van der Waals surface area (Å²) < 4.78 is 34.2. The predicted octanol–water partition coefficient (Wildman–Crippen LogP) is 4.76. The highest BCUT2D eigenvalue weighted by Gasteiger charge is 2.27. The van der Waals surface area contributed by atoms with Gasteiger partial charge in [-0.05, 0) is 36.5 Å². The highest BCUT2D eigenvalue weighted by atomic mass is 32.2. The summed E-state index contributed by atoms with van der Waals surface area (Å²) in [5.74, 6) is 1.17. The summed E-state index contributed by atoms with van der Waals surface area (Å²) >= 11 is 1.10. The van der Waals surface area contributed by atoms with Crippen molar-refractivity contribution in [3.8, 4) is 11.1 Å². The number of carbonyl (C=O) groups is 1. The van der Waals surface area contributed by atoms with Gasteiger partial charge in [0.15, 0.2) is 5.69 Å². The first-order valence-electron chi connectivity index (χ1n) is 9.86. The summed E-state index contributed by atoms with van der Waals surface area (Å²) in [6, 6.07) is 7.17. The summed E-state index contributed by atoms with van der Waals surface area (Å²) in [6.07, 6.45) is 3.19. The van der Waals surface area contributed by atoms with Gasteiger partial charge in [0.05, 0.1) is 13.7 Å². The van der Waals surface area contributed by atoms with Crippen LogP contribution < -0.4 is 4.72 Å². The monoisotopic (exact) mass is 472 g/mol. The lowest BCUT2D eigenvalue weighted by Crippen LogP contribution is -2.30. The van der Waals surface area contributed by atoms with Gasteiger partial charge in [0.25, 0.3) is 10.0 Å². The largest absolute Gasteiger partial charge is 0.452 e. The first-order valence-corrected chi connectivity index (χ1v) is 12.2. The third kappa shape index (κ3) is 5.18. The van der Waals surface area contributed by atoms with Crippen molar-refractivity contribution in [2.24, 2.45) is 5.92 Å². The number of thiophene rings is 1. The molecule has 3 aromatic rings. The van der Waals surface area contributed by atoms with Gasteiger partial charge >= 0.3 is 6.09 Å². The molecule has 1 N–H and O–H groups in total. The fourth-order valence-corrected chi connectivity index (χ4v) is 6.12. The number of methoxy groups -OCH3 is 1. The second kappa shape index (κ2) is 9.54. The standard InChI is InChI=1S/C22H24N4O4S2/c1-14(2)10-17-12-19(21(31-17)32(28,29)25-22(27)30-5)18-7-6-16(11-20(18)23-4)13-26-9-8-24-15(26)3/h6-9,11-12,14H,10,13H2,1-3,5H3,(H,25,27). The van der Waals surface area contributed by atoms with E-state index >= 15 is 0 Å². The number of nitrogens with one attached hydrogen (secondary N) is 1. The van der Waals surface area contributed by atoms with Gasteiger partial charge in [-0.2, -0.15) is 0 Å². The molecule has 0 radical (unpaired) electrons. The van der Waals surface area contributed by atoms with Crippen molar-refractivity contribution in [1.29, 1.82) is 0 Å². The number of rotatable bonds is 7. The molecule has 168 valence electrons. The molecule has 1 aromatic carbocycles. The number of carbonyl (C=O) groups excluding carboxylic acids is 1. The Kier molecular flexibility index (Phi) is 7.01. The van der Waals surface area contributed by atoms with E-state index in [2.05, 4.69) is 14.6 Å². The Morgan fingerprint density at radius 1 is 1.31 bits per heavy atom. The lowest BCUT2D eigenvalue weighted by molar-refractivity contribution is 0.177. The van der Waals surface area contributed by atoms with Crippen LogP contribution in [0, 0.1) is 19.4 Å². The van der Waals surface area contributed by atoms with Gasteiger partial charge < -0.3 is 9.30 Å². The number of hydrogen-bond donors (Lipinski definition) is 1. The number of amides is 1. The smallest absolute Gasteiger partial charge is 0.420 e. The number of ether oxygens (including phenoxy) is 1. The van der Waals surface area contributed by atoms with Gasteiger partial charge in [-0.3, -0.25) is 0 Å². The number of nitrogens with zero attached hydrogens (tertiary/aromatic N) is 3. The summed E-state index contributed by atoms with van der Waals surface area (Å²) in [5, 5.41) is 0. The summed E-state index contributed by atoms with van der Waals surface area (Å²) in [6.45, 7) is 14.2. The van der Waals surface area contributed by atoms with Crippen molar-refractivity contribution in [2.75, 3.05) is 7.11 Å². The lowest BCUT2D eigenvalue weighted by Gasteiger charge is -2.11. The third-order valence-electron chi connectivity index (χ3n) is 4.75. The molecular weight excluding hydrogens is 448 g/mol. The number of sulfonamides is 1. The van der Waals surface area contributed by atoms with Gasteiger partial charge in [-0.25, -0.2) is 27.8 Å². The van der Waals surface area contributed by atoms with E-state index in [9.17, 15) is 13.2 Å². The fraction of sp³-hybridized carbons (Fsp3) is 0.318. The quantitative estimate of drug-likeness (QED) is 0.500. The third-order valence-corrected chi connectivity index (χ3v) is 7.76. The molecule has 32 heavy (non-hydrogen) atoms. The van der Waals surface area contributed by atoms with Gasteiger partial charge in [-0.1, -0.05) is 32.0 Å². The van der Waals surface area contributed by atoms with E-state index in [1.807, 2.05) is 42.3 Å². The van der Waals surface area contributed by atoms with Gasteiger partial charge in [0.1, 0.15) is 10.0 Å². The molecule has 2 heterocycles. The average Bonchev–Trinajstić information content (AvgIpc) is 3.33. The van der Waals surface area contributed by atoms with E-state index in [-0.39, 0.29) is 4.21 Å². The minimum atomic E-state index is -4.17. The molecule has 0 bridgehead atoms. The highest BCUT2D eigenvalue weighted by Crippen LogP contribution is 2.41. The molecule has 0 aliphatic heterocycles. The van der Waals surface area contributed by atoms with Crippen LogP contribution in [0.5, 0.6) is 0 Å². The highest BCUT2D eigenvalue weighted by molar-refractivity contribution is 7.92. The number of aryl methyl sites for hydroxylation is 1. The van der Waals surface area contributed by atoms with E-state index in [1.165, 1.54) is 0 Å². The first kappa shape index (κ1) is 23.5. The van der Waals surface area contributed by atoms with Crippen LogP contribution in [0.15, 0.2) is 40.9 Å². The van der Waals surface area contributed by atoms with Crippen molar-refractivity contribution in [3.63, 3.8) is 0 Å². The Hall–Kier alpha value is -3.16. The van der Waals surface area contributed by atoms with Crippen molar-refractivity contribution in [2.45, 2.75) is 37.9 Å². The Labute approximate surface area is 191 Å². The van der Waals surface area contributed by atoms with Crippen LogP contribution in [0.2, 0.25) is 0 Å². The Bertz CT molecular complexity index is 1280. The topological polar surface area (TPSA) is 94.6 Å². The van der Waals surface area contributed by atoms with Crippen molar-refractivity contribution >= 4 is 33.1 Å². The minimum Gasteiger partial charge on any atom is -0.452 e. The van der Waals surface area contributed by atoms with Gasteiger partial charge in [0.2, 0.25) is 0 Å². The second-order valence-corrected chi connectivity index (χ2v) is 10.7. The Morgan fingerprint density at radius 2 is 2.06 bits per heavy atom. The van der Waals surface area contributed by atoms with Gasteiger partial charge in [0, 0.05) is 29.4 Å². The summed E-state index contributed by atoms with van der Waals surface area (Å²) in [5.41, 5.74) is 2.14. The molecule has 0 unspecified atom stereocenters. The summed E-state index contributed by atoms with van der Waals surface area (Å²) in [7, 11) is -3.07. The van der Waals surface area contributed by atoms with E-state index < -0.39 is 16.1 Å². The second-order valence-electron chi connectivity index (χ2n) is 7.67. The van der Waals surface area contributed by atoms with Crippen LogP contribution in [0.25, 0.3) is 16.0 Å². The van der Waals surface area contributed by atoms with E-state index in [4.69, 9.17) is 6.57 Å². The van der Waals surface area contributed by atoms with Gasteiger partial charge in [-0.15, -0.1) is 11.3 Å². The number of benzene rings is 1. The molecule has 3 rings (SSSR count). The first-order chi connectivity index (χ1) is 15.1. The predicted molar refractivity (Wildman–Crippen MR) is 123 cm³/mol. The maximum atomic E-state index is 12.9. The molecule has 0 fully saturated rings. The SMILES string of the molecule is [C-]#[N+]c1cc(Cn2ccnc2C)ccc1-c1cc(CC(C)C)sc1S(=O)(=O)NC(=O)OC. The zero-order valence-corrected chi connectivity index (χ0v) is 19.9. The Balaban J connectivity index is 2.09. The molecule has 0 aliphatic rings. The molecule has 10 heteroatoms. The van der Waals surface area contributed by atoms with Crippen LogP contribution >= 0.6 is 11.3 Å². The van der Waals surface area contributed by atoms with Crippen LogP contribution in [0.4, 0.5) is 10.5 Å². The molecule has 0 aliphatic carbocycles. The Morgan fingerprint density at radius 3 is 2.66 bits per heavy atom. The van der Waals surface area contributed by atoms with E-state index in [0.717, 1.165) is 34.7 Å². The fourth-order valence-electron chi connectivity index (χ4n) is 3.27. The van der Waals surface area contributed by atoms with E-state index in [1.54, 1.807) is 24.4 Å². The zero-order chi connectivity index (χ0) is 23.5. The van der Waals surface area contributed by atoms with Crippen LogP contribution in [0.1, 0.15) is 30.1 Å². The molecule has 1 amide bonds. The minimum absolute atomic E-state index is 0.0124. The zero-order valence-electron chi connectivity index (χ0n) is 18.2. The summed E-state index contributed by atoms with van der Waals surface area (Å²) in [4.78, 5) is 20.3. The number of aromatic nitrogens is 2. The maximum Gasteiger partial charge on any atom is 0.420 e. The normalized spacial score (nSPS) is 11.4. The van der Waals surface area contributed by atoms with Crippen LogP contribution in [0.3, 0.4) is 0 Å². The number of imidazole rings is 1. The lowest BCUT2D eigenvalue weighted by atomic mass is 10.0. The molecule has 0 spiro atoms. The molecular formula is C22H24N4O4S2.